The first-order valence-corrected chi connectivity index (χ1v) is 13.8. The van der Waals surface area contributed by atoms with Crippen LogP contribution in [0.15, 0.2) is 48.5 Å². The molecule has 196 valence electrons. The number of hydrogen-bond donors (Lipinski definition) is 0. The smallest absolute Gasteiger partial charge is 0.223 e. The maximum atomic E-state index is 13.7. The first-order valence-electron chi connectivity index (χ1n) is 12.2. The van der Waals surface area contributed by atoms with Crippen molar-refractivity contribution in [3.63, 3.8) is 0 Å². The van der Waals surface area contributed by atoms with Gasteiger partial charge in [-0.3, -0.25) is 4.79 Å². The Bertz CT molecular complexity index is 1140. The standard InChI is InChI=1S/C26H33F2N3O4S/c1-29-10-12-30(13-11-29)25(32)17-26(20-35-24-6-3-2-4-7-24)8-5-9-31(19-26)36(33,34)18-21-14-22(27)16-23(28)15-21/h2-4,6-7,14-16H,5,8-13,17-20H2,1H3. The molecule has 0 spiro atoms. The predicted octanol–water partition coefficient (Wildman–Crippen LogP) is 3.12. The normalized spacial score (nSPS) is 21.9. The van der Waals surface area contributed by atoms with Crippen molar-refractivity contribution in [2.24, 2.45) is 5.41 Å². The topological polar surface area (TPSA) is 70.2 Å². The number of carbonyl (C=O) groups is 1. The molecule has 2 fully saturated rings. The number of para-hydroxylation sites is 1. The third-order valence-electron chi connectivity index (χ3n) is 6.96. The van der Waals surface area contributed by atoms with E-state index in [1.165, 1.54) is 4.31 Å². The second-order valence-corrected chi connectivity index (χ2v) is 11.9. The summed E-state index contributed by atoms with van der Waals surface area (Å²) in [4.78, 5) is 17.3. The number of piperidine rings is 1. The Kier molecular flexibility index (Phi) is 8.27. The lowest BCUT2D eigenvalue weighted by Gasteiger charge is -2.43. The van der Waals surface area contributed by atoms with E-state index < -0.39 is 32.8 Å². The number of nitrogens with zero attached hydrogens (tertiary/aromatic N) is 3. The Morgan fingerprint density at radius 3 is 2.33 bits per heavy atom. The molecule has 2 aromatic carbocycles. The third-order valence-corrected chi connectivity index (χ3v) is 8.76. The molecule has 4 rings (SSSR count). The van der Waals surface area contributed by atoms with Gasteiger partial charge in [0.25, 0.3) is 0 Å². The Labute approximate surface area is 211 Å². The molecule has 0 saturated carbocycles. The summed E-state index contributed by atoms with van der Waals surface area (Å²) in [5.74, 6) is -1.50. The van der Waals surface area contributed by atoms with Gasteiger partial charge in [-0.1, -0.05) is 18.2 Å². The van der Waals surface area contributed by atoms with Crippen molar-refractivity contribution in [1.29, 1.82) is 0 Å². The molecule has 1 unspecified atom stereocenters. The summed E-state index contributed by atoms with van der Waals surface area (Å²) in [5.41, 5.74) is -0.660. The van der Waals surface area contributed by atoms with Crippen molar-refractivity contribution < 1.29 is 26.7 Å². The first kappa shape index (κ1) is 26.5. The van der Waals surface area contributed by atoms with E-state index in [-0.39, 0.29) is 37.6 Å². The van der Waals surface area contributed by atoms with Crippen LogP contribution in [0.5, 0.6) is 5.75 Å². The van der Waals surface area contributed by atoms with Crippen molar-refractivity contribution in [2.45, 2.75) is 25.0 Å². The van der Waals surface area contributed by atoms with Gasteiger partial charge in [0.2, 0.25) is 15.9 Å². The molecule has 2 saturated heterocycles. The zero-order valence-electron chi connectivity index (χ0n) is 20.5. The van der Waals surface area contributed by atoms with Crippen LogP contribution < -0.4 is 4.74 Å². The number of rotatable bonds is 8. The van der Waals surface area contributed by atoms with Crippen molar-refractivity contribution in [1.82, 2.24) is 14.1 Å². The average Bonchev–Trinajstić information content (AvgIpc) is 2.83. The molecule has 0 aliphatic carbocycles. The molecule has 2 aliphatic rings. The molecular formula is C26H33F2N3O4S. The summed E-state index contributed by atoms with van der Waals surface area (Å²) in [6.07, 6.45) is 1.37. The second kappa shape index (κ2) is 11.2. The number of halogens is 2. The highest BCUT2D eigenvalue weighted by atomic mass is 32.2. The van der Waals surface area contributed by atoms with E-state index in [0.717, 1.165) is 25.2 Å². The fourth-order valence-corrected chi connectivity index (χ4v) is 6.60. The zero-order valence-corrected chi connectivity index (χ0v) is 21.4. The summed E-state index contributed by atoms with van der Waals surface area (Å²) in [6, 6.07) is 12.0. The largest absolute Gasteiger partial charge is 0.493 e. The van der Waals surface area contributed by atoms with Gasteiger partial charge in [-0.15, -0.1) is 0 Å². The SMILES string of the molecule is CN1CCN(C(=O)CC2(COc3ccccc3)CCCN(S(=O)(=O)Cc3cc(F)cc(F)c3)C2)CC1. The van der Waals surface area contributed by atoms with Crippen LogP contribution in [-0.4, -0.2) is 81.4 Å². The summed E-state index contributed by atoms with van der Waals surface area (Å²) in [6.45, 7) is 3.45. The summed E-state index contributed by atoms with van der Waals surface area (Å²) in [7, 11) is -1.86. The molecule has 2 heterocycles. The Morgan fingerprint density at radius 1 is 1.00 bits per heavy atom. The van der Waals surface area contributed by atoms with Gasteiger partial charge in [0.15, 0.2) is 0 Å². The molecule has 1 amide bonds. The van der Waals surface area contributed by atoms with E-state index >= 15 is 0 Å². The molecular weight excluding hydrogens is 488 g/mol. The van der Waals surface area contributed by atoms with Gasteiger partial charge in [0.05, 0.1) is 12.4 Å². The Hall–Kier alpha value is -2.56. The molecule has 0 aromatic heterocycles. The number of ether oxygens (including phenoxy) is 1. The average molecular weight is 522 g/mol. The highest BCUT2D eigenvalue weighted by Crippen LogP contribution is 2.37. The molecule has 7 nitrogen and oxygen atoms in total. The van der Waals surface area contributed by atoms with Crippen LogP contribution in [0, 0.1) is 17.0 Å². The lowest BCUT2D eigenvalue weighted by atomic mass is 9.78. The van der Waals surface area contributed by atoms with E-state index in [2.05, 4.69) is 4.90 Å². The maximum Gasteiger partial charge on any atom is 0.223 e. The molecule has 0 N–H and O–H groups in total. The Balaban J connectivity index is 1.53. The number of benzene rings is 2. The van der Waals surface area contributed by atoms with Crippen LogP contribution >= 0.6 is 0 Å². The minimum atomic E-state index is -3.88. The molecule has 0 bridgehead atoms. The summed E-state index contributed by atoms with van der Waals surface area (Å²) < 4.78 is 61.4. The van der Waals surface area contributed by atoms with Crippen molar-refractivity contribution in [3.8, 4) is 5.75 Å². The summed E-state index contributed by atoms with van der Waals surface area (Å²) >= 11 is 0. The van der Waals surface area contributed by atoms with Gasteiger partial charge >= 0.3 is 0 Å². The van der Waals surface area contributed by atoms with E-state index in [1.54, 1.807) is 0 Å². The van der Waals surface area contributed by atoms with Gasteiger partial charge in [-0.05, 0) is 49.7 Å². The van der Waals surface area contributed by atoms with Crippen LogP contribution in [0.4, 0.5) is 8.78 Å². The van der Waals surface area contributed by atoms with Crippen molar-refractivity contribution in [3.05, 3.63) is 65.7 Å². The monoisotopic (exact) mass is 521 g/mol. The number of likely N-dealkylation sites (N-methyl/N-ethyl adjacent to an activating group) is 1. The minimum absolute atomic E-state index is 0.00814. The van der Waals surface area contributed by atoms with Gasteiger partial charge in [0, 0.05) is 57.2 Å². The van der Waals surface area contributed by atoms with Crippen LogP contribution in [0.3, 0.4) is 0 Å². The van der Waals surface area contributed by atoms with Gasteiger partial charge in [0.1, 0.15) is 17.4 Å². The number of piperazine rings is 1. The van der Waals surface area contributed by atoms with Crippen LogP contribution in [0.25, 0.3) is 0 Å². The molecule has 2 aliphatic heterocycles. The van der Waals surface area contributed by atoms with Crippen molar-refractivity contribution >= 4 is 15.9 Å². The van der Waals surface area contributed by atoms with E-state index in [9.17, 15) is 22.0 Å². The molecule has 10 heteroatoms. The lowest BCUT2D eigenvalue weighted by Crippen LogP contribution is -2.53. The first-order chi connectivity index (χ1) is 17.1. The van der Waals surface area contributed by atoms with E-state index in [4.69, 9.17) is 4.74 Å². The van der Waals surface area contributed by atoms with E-state index in [0.29, 0.717) is 37.7 Å². The molecule has 2 aromatic rings. The Morgan fingerprint density at radius 2 is 1.67 bits per heavy atom. The maximum absolute atomic E-state index is 13.7. The number of carbonyl (C=O) groups excluding carboxylic acids is 1. The quantitative estimate of drug-likeness (QED) is 0.534. The highest BCUT2D eigenvalue weighted by Gasteiger charge is 2.43. The van der Waals surface area contributed by atoms with E-state index in [1.807, 2.05) is 42.3 Å². The number of hydrogen-bond acceptors (Lipinski definition) is 5. The van der Waals surface area contributed by atoms with Crippen LogP contribution in [0.1, 0.15) is 24.8 Å². The summed E-state index contributed by atoms with van der Waals surface area (Å²) in [5, 5.41) is 0. The second-order valence-electron chi connectivity index (χ2n) is 9.93. The predicted molar refractivity (Wildman–Crippen MR) is 133 cm³/mol. The third kappa shape index (κ3) is 6.80. The van der Waals surface area contributed by atoms with Gasteiger partial charge < -0.3 is 14.5 Å². The van der Waals surface area contributed by atoms with Gasteiger partial charge in [-0.2, -0.15) is 0 Å². The highest BCUT2D eigenvalue weighted by molar-refractivity contribution is 7.88. The number of amides is 1. The fraction of sp³-hybridized carbons (Fsp3) is 0.500. The van der Waals surface area contributed by atoms with Crippen LogP contribution in [-0.2, 0) is 20.6 Å². The molecule has 0 radical (unpaired) electrons. The molecule has 36 heavy (non-hydrogen) atoms. The zero-order chi connectivity index (χ0) is 25.8. The van der Waals surface area contributed by atoms with Gasteiger partial charge in [-0.25, -0.2) is 21.5 Å². The van der Waals surface area contributed by atoms with Crippen molar-refractivity contribution in [2.75, 3.05) is 52.9 Å². The molecule has 1 atom stereocenters. The number of sulfonamides is 1. The lowest BCUT2D eigenvalue weighted by molar-refractivity contribution is -0.136. The minimum Gasteiger partial charge on any atom is -0.493 e. The van der Waals surface area contributed by atoms with Crippen LogP contribution in [0.2, 0.25) is 0 Å². The fourth-order valence-electron chi connectivity index (χ4n) is 4.95.